The second-order valence-electron chi connectivity index (χ2n) is 9.92. The van der Waals surface area contributed by atoms with E-state index in [1.54, 1.807) is 0 Å². The number of fused-ring (bicyclic) bond motifs is 2. The van der Waals surface area contributed by atoms with Crippen LogP contribution in [-0.2, 0) is 19.3 Å². The number of carbonyl (C=O) groups is 1. The van der Waals surface area contributed by atoms with Crippen LogP contribution in [0, 0.1) is 11.6 Å². The summed E-state index contributed by atoms with van der Waals surface area (Å²) in [5.41, 5.74) is -5.01. The number of rotatable bonds is 6. The Balaban J connectivity index is 1.73. The Labute approximate surface area is 262 Å². The van der Waals surface area contributed by atoms with Gasteiger partial charge in [0.15, 0.2) is 5.69 Å². The SMILES string of the molecule is O=C(O)c1c(-n2c(=O)c3cscc3n(Cc3cccc(Cl)c3F)c2=O)c2cc(C(F)(F)F)ccc2n1Cc1cccc(Cl)c1F. The van der Waals surface area contributed by atoms with Gasteiger partial charge in [0, 0.05) is 27.3 Å². The zero-order valence-electron chi connectivity index (χ0n) is 22.3. The molecule has 0 bridgehead atoms. The molecule has 0 atom stereocenters. The number of carboxylic acids is 1. The van der Waals surface area contributed by atoms with Crippen molar-refractivity contribution in [3.05, 3.63) is 130 Å². The van der Waals surface area contributed by atoms with Crippen molar-refractivity contribution < 1.29 is 31.9 Å². The highest BCUT2D eigenvalue weighted by Gasteiger charge is 2.34. The normalized spacial score (nSPS) is 12.0. The van der Waals surface area contributed by atoms with Gasteiger partial charge in [0.05, 0.1) is 50.8 Å². The molecule has 45 heavy (non-hydrogen) atoms. The van der Waals surface area contributed by atoms with Gasteiger partial charge in [-0.25, -0.2) is 22.9 Å². The van der Waals surface area contributed by atoms with Gasteiger partial charge >= 0.3 is 17.8 Å². The minimum absolute atomic E-state index is 0.0426. The third-order valence-electron chi connectivity index (χ3n) is 7.30. The van der Waals surface area contributed by atoms with Crippen LogP contribution in [0.25, 0.3) is 27.5 Å². The predicted octanol–water partition coefficient (Wildman–Crippen LogP) is 7.57. The van der Waals surface area contributed by atoms with Gasteiger partial charge in [-0.1, -0.05) is 47.5 Å². The number of carboxylic acid groups (broad SMARTS) is 1. The molecule has 0 saturated heterocycles. The minimum Gasteiger partial charge on any atom is -0.477 e. The molecule has 1 N–H and O–H groups in total. The Morgan fingerprint density at radius 2 is 1.42 bits per heavy atom. The summed E-state index contributed by atoms with van der Waals surface area (Å²) in [5.74, 6) is -3.46. The Kier molecular flexibility index (Phi) is 7.58. The standard InChI is InChI=1S/C30H16Cl2F5N3O4S/c31-19-5-1-3-14(23(19)33)10-38-21-8-7-16(30(35,36)37)9-17(21)25(26(38)28(42)43)40-27(41)18-12-45-13-22(18)39(29(40)44)11-15-4-2-6-20(32)24(15)34/h1-9,12-13H,10-11H2,(H,42,43). The number of aromatic nitrogens is 3. The van der Waals surface area contributed by atoms with Crippen LogP contribution in [0.2, 0.25) is 10.0 Å². The molecule has 7 nitrogen and oxygen atoms in total. The van der Waals surface area contributed by atoms with Gasteiger partial charge in [-0.15, -0.1) is 11.3 Å². The second-order valence-corrected chi connectivity index (χ2v) is 11.5. The second kappa shape index (κ2) is 11.2. The highest BCUT2D eigenvalue weighted by molar-refractivity contribution is 7.09. The summed E-state index contributed by atoms with van der Waals surface area (Å²) in [4.78, 5) is 40.9. The first kappa shape index (κ1) is 30.6. The lowest BCUT2D eigenvalue weighted by atomic mass is 10.1. The van der Waals surface area contributed by atoms with Gasteiger partial charge in [0.2, 0.25) is 0 Å². The van der Waals surface area contributed by atoms with Crippen molar-refractivity contribution in [2.24, 2.45) is 0 Å². The van der Waals surface area contributed by atoms with Crippen molar-refractivity contribution in [1.29, 1.82) is 0 Å². The number of thiophene rings is 1. The third-order valence-corrected chi connectivity index (χ3v) is 8.61. The van der Waals surface area contributed by atoms with Gasteiger partial charge < -0.3 is 9.67 Å². The topological polar surface area (TPSA) is 86.2 Å². The summed E-state index contributed by atoms with van der Waals surface area (Å²) < 4.78 is 74.0. The Hall–Kier alpha value is -4.46. The molecule has 0 unspecified atom stereocenters. The van der Waals surface area contributed by atoms with Crippen LogP contribution in [0.5, 0.6) is 0 Å². The molecule has 0 spiro atoms. The van der Waals surface area contributed by atoms with E-state index in [1.807, 2.05) is 0 Å². The molecule has 0 saturated carbocycles. The van der Waals surface area contributed by atoms with E-state index >= 15 is 0 Å². The molecule has 0 aliphatic rings. The third kappa shape index (κ3) is 5.10. The van der Waals surface area contributed by atoms with Crippen LogP contribution in [0.4, 0.5) is 22.0 Å². The smallest absolute Gasteiger partial charge is 0.416 e. The van der Waals surface area contributed by atoms with Gasteiger partial charge in [0.25, 0.3) is 5.56 Å². The van der Waals surface area contributed by atoms with E-state index in [1.165, 1.54) is 47.2 Å². The average Bonchev–Trinajstić information content (AvgIpc) is 3.59. The number of alkyl halides is 3. The van der Waals surface area contributed by atoms with Crippen LogP contribution < -0.4 is 11.2 Å². The molecule has 0 radical (unpaired) electrons. The first-order valence-corrected chi connectivity index (χ1v) is 14.5. The van der Waals surface area contributed by atoms with Crippen molar-refractivity contribution in [3.63, 3.8) is 0 Å². The zero-order chi connectivity index (χ0) is 32.4. The lowest BCUT2D eigenvalue weighted by Crippen LogP contribution is -2.39. The van der Waals surface area contributed by atoms with Crippen LogP contribution >= 0.6 is 34.5 Å². The Bertz CT molecular complexity index is 2310. The summed E-state index contributed by atoms with van der Waals surface area (Å²) in [6.45, 7) is -0.992. The molecule has 0 aliphatic carbocycles. The molecule has 0 aliphatic heterocycles. The zero-order valence-corrected chi connectivity index (χ0v) is 24.7. The van der Waals surface area contributed by atoms with E-state index in [4.69, 9.17) is 23.2 Å². The lowest BCUT2D eigenvalue weighted by Gasteiger charge is -2.14. The molecule has 15 heteroatoms. The molecule has 0 fully saturated rings. The largest absolute Gasteiger partial charge is 0.477 e. The number of hydrogen-bond donors (Lipinski definition) is 1. The van der Waals surface area contributed by atoms with Gasteiger partial charge in [0.1, 0.15) is 11.6 Å². The summed E-state index contributed by atoms with van der Waals surface area (Å²) >= 11 is 12.9. The quantitative estimate of drug-likeness (QED) is 0.184. The highest BCUT2D eigenvalue weighted by atomic mass is 35.5. The minimum atomic E-state index is -4.89. The molecule has 6 rings (SSSR count). The summed E-state index contributed by atoms with van der Waals surface area (Å²) in [6, 6.07) is 10.3. The van der Waals surface area contributed by atoms with E-state index in [0.29, 0.717) is 16.7 Å². The number of nitrogens with zero attached hydrogens (tertiary/aromatic N) is 3. The van der Waals surface area contributed by atoms with E-state index < -0.39 is 70.4 Å². The van der Waals surface area contributed by atoms with E-state index in [0.717, 1.165) is 26.5 Å². The average molecular weight is 680 g/mol. The van der Waals surface area contributed by atoms with Crippen LogP contribution in [0.15, 0.2) is 74.9 Å². The van der Waals surface area contributed by atoms with E-state index in [2.05, 4.69) is 0 Å². The maximum absolute atomic E-state index is 15.0. The van der Waals surface area contributed by atoms with Crippen molar-refractivity contribution in [2.45, 2.75) is 19.3 Å². The Morgan fingerprint density at radius 3 is 2.00 bits per heavy atom. The molecule has 3 aromatic heterocycles. The molecule has 0 amide bonds. The number of hydrogen-bond acceptors (Lipinski definition) is 4. The summed E-state index contributed by atoms with van der Waals surface area (Å²) in [6.07, 6.45) is -4.89. The molecule has 3 aromatic carbocycles. The van der Waals surface area contributed by atoms with Crippen molar-refractivity contribution in [1.82, 2.24) is 13.7 Å². The van der Waals surface area contributed by atoms with Crippen LogP contribution in [0.1, 0.15) is 27.2 Å². The Morgan fingerprint density at radius 1 is 0.822 bits per heavy atom. The number of halogens is 7. The summed E-state index contributed by atoms with van der Waals surface area (Å²) in [5, 5.41) is 12.2. The maximum Gasteiger partial charge on any atom is 0.416 e. The molecule has 230 valence electrons. The fourth-order valence-electron chi connectivity index (χ4n) is 5.24. The maximum atomic E-state index is 15.0. The van der Waals surface area contributed by atoms with Crippen LogP contribution in [0.3, 0.4) is 0 Å². The summed E-state index contributed by atoms with van der Waals surface area (Å²) in [7, 11) is 0. The first-order chi connectivity index (χ1) is 21.3. The highest BCUT2D eigenvalue weighted by Crippen LogP contribution is 2.37. The fraction of sp³-hybridized carbons (Fsp3) is 0.100. The van der Waals surface area contributed by atoms with Gasteiger partial charge in [-0.3, -0.25) is 9.36 Å². The molecular formula is C30H16Cl2F5N3O4S. The molecule has 3 heterocycles. The first-order valence-electron chi connectivity index (χ1n) is 12.8. The van der Waals surface area contributed by atoms with Crippen molar-refractivity contribution >= 4 is 62.3 Å². The number of aromatic carboxylic acids is 1. The monoisotopic (exact) mass is 679 g/mol. The predicted molar refractivity (Wildman–Crippen MR) is 160 cm³/mol. The van der Waals surface area contributed by atoms with Crippen LogP contribution in [-0.4, -0.2) is 24.8 Å². The van der Waals surface area contributed by atoms with Gasteiger partial charge in [-0.05, 0) is 30.3 Å². The van der Waals surface area contributed by atoms with E-state index in [-0.39, 0.29) is 37.6 Å². The molecule has 6 aromatic rings. The number of benzene rings is 3. The fourth-order valence-corrected chi connectivity index (χ4v) is 6.44. The van der Waals surface area contributed by atoms with Crippen molar-refractivity contribution in [3.8, 4) is 5.69 Å². The molecular weight excluding hydrogens is 664 g/mol. The lowest BCUT2D eigenvalue weighted by molar-refractivity contribution is -0.137. The van der Waals surface area contributed by atoms with Gasteiger partial charge in [-0.2, -0.15) is 13.2 Å². The van der Waals surface area contributed by atoms with Crippen molar-refractivity contribution in [2.75, 3.05) is 0 Å². The van der Waals surface area contributed by atoms with E-state index in [9.17, 15) is 41.4 Å².